The van der Waals surface area contributed by atoms with E-state index in [1.54, 1.807) is 4.90 Å². The number of aliphatic hydroxyl groups excluding tert-OH is 1. The van der Waals surface area contributed by atoms with Crippen LogP contribution in [0.15, 0.2) is 0 Å². The average Bonchev–Trinajstić information content (AvgIpc) is 2.88. The van der Waals surface area contributed by atoms with Gasteiger partial charge in [-0.25, -0.2) is 0 Å². The fraction of sp³-hybridized carbons (Fsp3) is 0.882. The van der Waals surface area contributed by atoms with E-state index in [2.05, 4.69) is 13.0 Å². The average molecular weight is 307 g/mol. The maximum absolute atomic E-state index is 12.8. The number of carbonyl (C=O) groups is 1. The van der Waals surface area contributed by atoms with Crippen LogP contribution in [0.25, 0.3) is 0 Å². The Morgan fingerprint density at radius 1 is 1.50 bits per heavy atom. The smallest absolute Gasteiger partial charge is 0.241 e. The maximum Gasteiger partial charge on any atom is 0.241 e. The van der Waals surface area contributed by atoms with E-state index in [1.807, 2.05) is 20.8 Å². The van der Waals surface area contributed by atoms with Gasteiger partial charge < -0.3 is 15.7 Å². The number of nitrogens with zero attached hydrogens (tertiary/aromatic N) is 2. The Morgan fingerprint density at radius 3 is 2.64 bits per heavy atom. The van der Waals surface area contributed by atoms with E-state index >= 15 is 0 Å². The Labute approximate surface area is 133 Å². The van der Waals surface area contributed by atoms with Gasteiger partial charge in [0.05, 0.1) is 18.2 Å². The molecule has 2 aliphatic carbocycles. The molecule has 5 nitrogen and oxygen atoms in total. The molecule has 0 radical (unpaired) electrons. The number of aliphatic hydroxyl groups is 1. The zero-order valence-corrected chi connectivity index (χ0v) is 14.1. The Kier molecular flexibility index (Phi) is 4.84. The van der Waals surface area contributed by atoms with E-state index < -0.39 is 6.04 Å². The zero-order chi connectivity index (χ0) is 16.7. The molecule has 1 amide bonds. The van der Waals surface area contributed by atoms with E-state index in [-0.39, 0.29) is 29.5 Å². The normalized spacial score (nSPS) is 43.7. The second-order valence-corrected chi connectivity index (χ2v) is 7.17. The van der Waals surface area contributed by atoms with Crippen molar-refractivity contribution in [1.29, 1.82) is 5.26 Å². The molecular formula is C17H29N3O2. The molecule has 0 aromatic carbocycles. The SMILES string of the molecule is CC.C[C@H]1C2C[C@@H](C#N)N(C(=O)[C@@H](N)C3(C)CCC(O)C3)C21. The monoisotopic (exact) mass is 307 g/mol. The maximum atomic E-state index is 12.8. The Balaban J connectivity index is 0.000000847. The van der Waals surface area contributed by atoms with Crippen LogP contribution in [-0.4, -0.2) is 40.1 Å². The molecule has 1 saturated heterocycles. The fourth-order valence-corrected chi connectivity index (χ4v) is 4.31. The zero-order valence-electron chi connectivity index (χ0n) is 14.1. The van der Waals surface area contributed by atoms with Crippen LogP contribution >= 0.6 is 0 Å². The molecule has 124 valence electrons. The summed E-state index contributed by atoms with van der Waals surface area (Å²) in [4.78, 5) is 14.5. The molecular weight excluding hydrogens is 278 g/mol. The third-order valence-electron chi connectivity index (χ3n) is 5.84. The van der Waals surface area contributed by atoms with E-state index in [0.717, 1.165) is 12.8 Å². The number of nitrogens with two attached hydrogens (primary N) is 1. The van der Waals surface area contributed by atoms with Crippen LogP contribution in [0.1, 0.15) is 53.4 Å². The number of amides is 1. The van der Waals surface area contributed by atoms with Gasteiger partial charge >= 0.3 is 0 Å². The molecule has 3 rings (SSSR count). The molecule has 0 bridgehead atoms. The highest BCUT2D eigenvalue weighted by atomic mass is 16.3. The minimum atomic E-state index is -0.609. The molecule has 4 unspecified atom stereocenters. The lowest BCUT2D eigenvalue weighted by atomic mass is 9.80. The van der Waals surface area contributed by atoms with Crippen molar-refractivity contribution in [2.75, 3.05) is 0 Å². The highest BCUT2D eigenvalue weighted by Gasteiger charge is 2.61. The second-order valence-electron chi connectivity index (χ2n) is 7.17. The largest absolute Gasteiger partial charge is 0.393 e. The van der Waals surface area contributed by atoms with Gasteiger partial charge in [0.1, 0.15) is 6.04 Å². The third kappa shape index (κ3) is 2.63. The lowest BCUT2D eigenvalue weighted by molar-refractivity contribution is -0.136. The molecule has 5 heteroatoms. The van der Waals surface area contributed by atoms with E-state index in [9.17, 15) is 15.2 Å². The topological polar surface area (TPSA) is 90.4 Å². The number of carbonyl (C=O) groups excluding carboxylic acids is 1. The Bertz CT molecular complexity index is 475. The highest BCUT2D eigenvalue weighted by molar-refractivity contribution is 5.84. The summed E-state index contributed by atoms with van der Waals surface area (Å²) in [5.41, 5.74) is 5.89. The first-order valence-electron chi connectivity index (χ1n) is 8.54. The minimum absolute atomic E-state index is 0.0926. The van der Waals surface area contributed by atoms with Crippen molar-refractivity contribution in [2.24, 2.45) is 23.0 Å². The van der Waals surface area contributed by atoms with Crippen LogP contribution in [0, 0.1) is 28.6 Å². The summed E-state index contributed by atoms with van der Waals surface area (Å²) < 4.78 is 0. The fourth-order valence-electron chi connectivity index (χ4n) is 4.31. The van der Waals surface area contributed by atoms with Crippen LogP contribution in [0.2, 0.25) is 0 Å². The lowest BCUT2D eigenvalue weighted by Gasteiger charge is -2.35. The van der Waals surface area contributed by atoms with Gasteiger partial charge in [0.15, 0.2) is 0 Å². The molecule has 3 aliphatic rings. The molecule has 0 aromatic heterocycles. The summed E-state index contributed by atoms with van der Waals surface area (Å²) in [5, 5.41) is 19.0. The summed E-state index contributed by atoms with van der Waals surface area (Å²) in [6.07, 6.45) is 2.50. The molecule has 22 heavy (non-hydrogen) atoms. The number of likely N-dealkylation sites (tertiary alicyclic amines) is 1. The van der Waals surface area contributed by atoms with Crippen molar-refractivity contribution < 1.29 is 9.90 Å². The third-order valence-corrected chi connectivity index (χ3v) is 5.84. The first-order chi connectivity index (χ1) is 10.4. The Hall–Kier alpha value is -1.12. The van der Waals surface area contributed by atoms with Crippen molar-refractivity contribution in [3.05, 3.63) is 0 Å². The lowest BCUT2D eigenvalue weighted by Crippen LogP contribution is -2.54. The summed E-state index contributed by atoms with van der Waals surface area (Å²) in [6, 6.07) is 1.54. The van der Waals surface area contributed by atoms with Gasteiger partial charge in [-0.15, -0.1) is 0 Å². The highest BCUT2D eigenvalue weighted by Crippen LogP contribution is 2.53. The Morgan fingerprint density at radius 2 is 2.14 bits per heavy atom. The summed E-state index contributed by atoms with van der Waals surface area (Å²) in [7, 11) is 0. The number of rotatable bonds is 2. The van der Waals surface area contributed by atoms with Crippen molar-refractivity contribution in [3.63, 3.8) is 0 Å². The molecule has 3 fully saturated rings. The van der Waals surface area contributed by atoms with Crippen molar-refractivity contribution in [2.45, 2.75) is 77.6 Å². The van der Waals surface area contributed by atoms with Gasteiger partial charge in [-0.2, -0.15) is 5.26 Å². The number of hydrogen-bond acceptors (Lipinski definition) is 4. The van der Waals surface area contributed by atoms with Crippen LogP contribution in [0.4, 0.5) is 0 Å². The van der Waals surface area contributed by atoms with Gasteiger partial charge in [-0.1, -0.05) is 27.7 Å². The molecule has 1 heterocycles. The number of fused-ring (bicyclic) bond motifs is 1. The summed E-state index contributed by atoms with van der Waals surface area (Å²) in [6.45, 7) is 8.12. The van der Waals surface area contributed by atoms with Gasteiger partial charge in [-0.05, 0) is 42.9 Å². The molecule has 2 saturated carbocycles. The van der Waals surface area contributed by atoms with Crippen molar-refractivity contribution in [3.8, 4) is 6.07 Å². The van der Waals surface area contributed by atoms with E-state index in [1.165, 1.54) is 0 Å². The van der Waals surface area contributed by atoms with Crippen molar-refractivity contribution >= 4 is 5.91 Å². The van der Waals surface area contributed by atoms with E-state index in [0.29, 0.717) is 24.7 Å². The van der Waals surface area contributed by atoms with Crippen LogP contribution in [0.5, 0.6) is 0 Å². The predicted molar refractivity (Wildman–Crippen MR) is 84.6 cm³/mol. The minimum Gasteiger partial charge on any atom is -0.393 e. The summed E-state index contributed by atoms with van der Waals surface area (Å²) in [5.74, 6) is 0.889. The first-order valence-corrected chi connectivity index (χ1v) is 8.54. The number of nitriles is 1. The predicted octanol–water partition coefficient (Wildman–Crippen LogP) is 1.65. The molecule has 1 aliphatic heterocycles. The summed E-state index contributed by atoms with van der Waals surface area (Å²) >= 11 is 0. The van der Waals surface area contributed by atoms with Gasteiger partial charge in [0.2, 0.25) is 5.91 Å². The van der Waals surface area contributed by atoms with Gasteiger partial charge in [0, 0.05) is 6.04 Å². The number of hydrogen-bond donors (Lipinski definition) is 2. The van der Waals surface area contributed by atoms with Crippen molar-refractivity contribution in [1.82, 2.24) is 4.90 Å². The van der Waals surface area contributed by atoms with Crippen LogP contribution < -0.4 is 5.73 Å². The standard InChI is InChI=1S/C15H23N3O2.C2H6/c1-8-11-5-9(7-16)18(12(8)11)14(20)13(17)15(2)4-3-10(19)6-15;1-2/h8-13,19H,3-6,17H2,1-2H3;1-2H3/t8-,9-,10?,11?,12?,13+,15?;/m0./s1. The van der Waals surface area contributed by atoms with Gasteiger partial charge in [0.25, 0.3) is 0 Å². The first kappa shape index (κ1) is 17.2. The molecule has 0 aromatic rings. The van der Waals surface area contributed by atoms with Crippen LogP contribution in [0.3, 0.4) is 0 Å². The second kappa shape index (κ2) is 6.17. The molecule has 0 spiro atoms. The quantitative estimate of drug-likeness (QED) is 0.811. The van der Waals surface area contributed by atoms with Crippen LogP contribution in [-0.2, 0) is 4.79 Å². The van der Waals surface area contributed by atoms with E-state index in [4.69, 9.17) is 5.73 Å². The molecule has 3 N–H and O–H groups in total. The molecule has 7 atom stereocenters. The number of piperidine rings is 1. The van der Waals surface area contributed by atoms with Gasteiger partial charge in [-0.3, -0.25) is 4.79 Å².